The number of likely N-dealkylation sites (N-methyl/N-ethyl adjacent to an activating group) is 1. The van der Waals surface area contributed by atoms with Crippen LogP contribution in [0.2, 0.25) is 0 Å². The first-order valence-corrected chi connectivity index (χ1v) is 4.91. The van der Waals surface area contributed by atoms with Crippen LogP contribution in [-0.4, -0.2) is 67.3 Å². The lowest BCUT2D eigenvalue weighted by Crippen LogP contribution is -2.47. The van der Waals surface area contributed by atoms with E-state index in [2.05, 4.69) is 5.32 Å². The van der Waals surface area contributed by atoms with Crippen LogP contribution >= 0.6 is 0 Å². The van der Waals surface area contributed by atoms with E-state index in [1.54, 1.807) is 0 Å². The summed E-state index contributed by atoms with van der Waals surface area (Å²) < 4.78 is 12.3. The minimum absolute atomic E-state index is 0.261. The van der Waals surface area contributed by atoms with Crippen LogP contribution in [0.5, 0.6) is 0 Å². The van der Waals surface area contributed by atoms with E-state index in [4.69, 9.17) is 5.11 Å². The SMILES string of the molecule is C[N+](C)(CCCNC(=O)F)CC(O)CO. The minimum Gasteiger partial charge on any atom is -0.393 e. The molecule has 0 spiro atoms. The van der Waals surface area contributed by atoms with Crippen molar-refractivity contribution in [2.45, 2.75) is 12.5 Å². The molecule has 0 saturated carbocycles. The van der Waals surface area contributed by atoms with Crippen LogP contribution in [0.4, 0.5) is 9.18 Å². The molecule has 1 unspecified atom stereocenters. The van der Waals surface area contributed by atoms with E-state index >= 15 is 0 Å². The average molecular weight is 223 g/mol. The Morgan fingerprint density at radius 2 is 2.13 bits per heavy atom. The number of amides is 1. The van der Waals surface area contributed by atoms with Gasteiger partial charge in [-0.1, -0.05) is 0 Å². The highest BCUT2D eigenvalue weighted by molar-refractivity contribution is 5.65. The number of nitrogens with zero attached hydrogens (tertiary/aromatic N) is 1. The number of carbonyl (C=O) groups is 1. The highest BCUT2D eigenvalue weighted by Crippen LogP contribution is 2.01. The molecule has 6 heteroatoms. The number of hydrogen-bond acceptors (Lipinski definition) is 3. The summed E-state index contributed by atoms with van der Waals surface area (Å²) >= 11 is 0. The molecule has 0 aliphatic carbocycles. The van der Waals surface area contributed by atoms with Crippen molar-refractivity contribution >= 4 is 6.16 Å². The maximum absolute atomic E-state index is 11.8. The van der Waals surface area contributed by atoms with Crippen molar-refractivity contribution in [2.24, 2.45) is 0 Å². The van der Waals surface area contributed by atoms with Gasteiger partial charge in [0.15, 0.2) is 0 Å². The number of carbonyl (C=O) groups excluding carboxylic acids is 1. The lowest BCUT2D eigenvalue weighted by atomic mass is 10.3. The second kappa shape index (κ2) is 6.71. The van der Waals surface area contributed by atoms with E-state index in [0.29, 0.717) is 24.0 Å². The fourth-order valence-corrected chi connectivity index (χ4v) is 1.41. The van der Waals surface area contributed by atoms with Gasteiger partial charge in [-0.2, -0.15) is 0 Å². The zero-order chi connectivity index (χ0) is 11.9. The fraction of sp³-hybridized carbons (Fsp3) is 0.889. The summed E-state index contributed by atoms with van der Waals surface area (Å²) in [6, 6.07) is 0. The number of hydrogen-bond donors (Lipinski definition) is 3. The molecule has 0 bridgehead atoms. The molecular formula is C9H20FN2O3+. The van der Waals surface area contributed by atoms with Crippen molar-refractivity contribution in [1.82, 2.24) is 5.32 Å². The van der Waals surface area contributed by atoms with Crippen LogP contribution in [0.25, 0.3) is 0 Å². The van der Waals surface area contributed by atoms with Gasteiger partial charge in [0.1, 0.15) is 12.6 Å². The Balaban J connectivity index is 3.68. The molecule has 0 aromatic carbocycles. The van der Waals surface area contributed by atoms with Gasteiger partial charge in [-0.25, -0.2) is 4.79 Å². The molecule has 0 aromatic rings. The number of rotatable bonds is 7. The van der Waals surface area contributed by atoms with Crippen LogP contribution < -0.4 is 5.32 Å². The smallest absolute Gasteiger partial charge is 0.393 e. The third-order valence-corrected chi connectivity index (χ3v) is 2.12. The molecule has 0 aliphatic rings. The Bertz CT molecular complexity index is 200. The monoisotopic (exact) mass is 223 g/mol. The zero-order valence-electron chi connectivity index (χ0n) is 9.24. The van der Waals surface area contributed by atoms with Gasteiger partial charge in [-0.3, -0.25) is 0 Å². The van der Waals surface area contributed by atoms with Gasteiger partial charge >= 0.3 is 6.16 Å². The van der Waals surface area contributed by atoms with E-state index in [0.717, 1.165) is 0 Å². The second-order valence-corrected chi connectivity index (χ2v) is 4.23. The summed E-state index contributed by atoms with van der Waals surface area (Å²) in [5.41, 5.74) is 0. The first-order chi connectivity index (χ1) is 6.87. The normalized spacial score (nSPS) is 13.7. The predicted molar refractivity (Wildman–Crippen MR) is 54.1 cm³/mol. The van der Waals surface area contributed by atoms with Crippen LogP contribution in [-0.2, 0) is 0 Å². The lowest BCUT2D eigenvalue weighted by Gasteiger charge is -2.31. The van der Waals surface area contributed by atoms with Gasteiger partial charge in [-0.15, -0.1) is 4.39 Å². The summed E-state index contributed by atoms with van der Waals surface area (Å²) in [6.45, 7) is 1.15. The summed E-state index contributed by atoms with van der Waals surface area (Å²) in [5, 5.41) is 20.0. The average Bonchev–Trinajstić information content (AvgIpc) is 2.11. The summed E-state index contributed by atoms with van der Waals surface area (Å²) in [4.78, 5) is 9.94. The van der Waals surface area contributed by atoms with Gasteiger partial charge in [0.2, 0.25) is 0 Å². The fourth-order valence-electron chi connectivity index (χ4n) is 1.41. The van der Waals surface area contributed by atoms with E-state index in [1.165, 1.54) is 0 Å². The van der Waals surface area contributed by atoms with Crippen LogP contribution in [0.15, 0.2) is 0 Å². The van der Waals surface area contributed by atoms with Crippen LogP contribution in [0, 0.1) is 0 Å². The molecule has 3 N–H and O–H groups in total. The number of aliphatic hydroxyl groups excluding tert-OH is 2. The highest BCUT2D eigenvalue weighted by Gasteiger charge is 2.19. The topological polar surface area (TPSA) is 69.6 Å². The summed E-state index contributed by atoms with van der Waals surface area (Å²) in [5.74, 6) is 0. The molecule has 1 atom stereocenters. The van der Waals surface area contributed by atoms with Crippen LogP contribution in [0.3, 0.4) is 0 Å². The predicted octanol–water partition coefficient (Wildman–Crippen LogP) is -0.515. The molecule has 0 fully saturated rings. The van der Waals surface area contributed by atoms with Crippen molar-refractivity contribution in [3.8, 4) is 0 Å². The van der Waals surface area contributed by atoms with Crippen LogP contribution in [0.1, 0.15) is 6.42 Å². The molecule has 15 heavy (non-hydrogen) atoms. The van der Waals surface area contributed by atoms with Crippen molar-refractivity contribution in [2.75, 3.05) is 40.3 Å². The Morgan fingerprint density at radius 3 is 2.60 bits per heavy atom. The van der Waals surface area contributed by atoms with Crippen molar-refractivity contribution < 1.29 is 23.9 Å². The standard InChI is InChI=1S/C9H19FN2O3/c1-12(2,6-8(14)7-13)5-3-4-11-9(10)15/h8,13-14H,3-7H2,1-2H3/p+1. The Hall–Kier alpha value is -0.720. The molecule has 0 saturated heterocycles. The van der Waals surface area contributed by atoms with E-state index < -0.39 is 12.3 Å². The molecule has 90 valence electrons. The van der Waals surface area contributed by atoms with Crippen molar-refractivity contribution in [3.63, 3.8) is 0 Å². The lowest BCUT2D eigenvalue weighted by molar-refractivity contribution is -0.893. The van der Waals surface area contributed by atoms with E-state index in [-0.39, 0.29) is 13.2 Å². The molecule has 0 aliphatic heterocycles. The largest absolute Gasteiger partial charge is 0.397 e. The molecule has 1 amide bonds. The Labute approximate surface area is 89.1 Å². The van der Waals surface area contributed by atoms with Gasteiger partial charge in [-0.05, 0) is 0 Å². The number of nitrogens with one attached hydrogen (secondary N) is 1. The summed E-state index contributed by atoms with van der Waals surface area (Å²) in [7, 11) is 3.80. The van der Waals surface area contributed by atoms with Gasteiger partial charge in [0.05, 0.1) is 27.2 Å². The molecular weight excluding hydrogens is 203 g/mol. The Kier molecular flexibility index (Phi) is 6.38. The Morgan fingerprint density at radius 1 is 1.53 bits per heavy atom. The zero-order valence-corrected chi connectivity index (χ0v) is 9.24. The molecule has 0 heterocycles. The van der Waals surface area contributed by atoms with Gasteiger partial charge < -0.3 is 20.0 Å². The second-order valence-electron chi connectivity index (χ2n) is 4.23. The molecule has 0 rings (SSSR count). The summed E-state index contributed by atoms with van der Waals surface area (Å²) in [6.07, 6.45) is -1.63. The quantitative estimate of drug-likeness (QED) is 0.235. The maximum atomic E-state index is 11.8. The number of quaternary nitrogens is 1. The maximum Gasteiger partial charge on any atom is 0.397 e. The van der Waals surface area contributed by atoms with E-state index in [1.807, 2.05) is 14.1 Å². The molecule has 5 nitrogen and oxygen atoms in total. The number of halogens is 1. The third kappa shape index (κ3) is 8.29. The van der Waals surface area contributed by atoms with Crippen molar-refractivity contribution in [1.29, 1.82) is 0 Å². The molecule has 0 aromatic heterocycles. The van der Waals surface area contributed by atoms with Crippen molar-refractivity contribution in [3.05, 3.63) is 0 Å². The highest BCUT2D eigenvalue weighted by atomic mass is 19.1. The van der Waals surface area contributed by atoms with E-state index in [9.17, 15) is 14.3 Å². The molecule has 0 radical (unpaired) electrons. The first-order valence-electron chi connectivity index (χ1n) is 4.91. The van der Waals surface area contributed by atoms with Gasteiger partial charge in [0.25, 0.3) is 0 Å². The van der Waals surface area contributed by atoms with Gasteiger partial charge in [0, 0.05) is 13.0 Å². The number of aliphatic hydroxyl groups is 2. The minimum atomic E-state index is -1.52. The third-order valence-electron chi connectivity index (χ3n) is 2.12. The first kappa shape index (κ1) is 14.3.